The van der Waals surface area contributed by atoms with E-state index >= 15 is 4.39 Å². The number of nitrogens with two attached hydrogens (primary N) is 1. The van der Waals surface area contributed by atoms with E-state index in [1.54, 1.807) is 71.0 Å². The van der Waals surface area contributed by atoms with Crippen molar-refractivity contribution in [3.8, 4) is 0 Å². The second-order valence-electron chi connectivity index (χ2n) is 9.17. The zero-order valence-corrected chi connectivity index (χ0v) is 20.6. The predicted octanol–water partition coefficient (Wildman–Crippen LogP) is 5.15. The maximum atomic E-state index is 15.7. The van der Waals surface area contributed by atoms with Crippen molar-refractivity contribution in [2.75, 3.05) is 17.6 Å². The fourth-order valence-electron chi connectivity index (χ4n) is 3.64. The molecule has 0 saturated heterocycles. The molecule has 2 amide bonds. The van der Waals surface area contributed by atoms with Crippen LogP contribution in [0.1, 0.15) is 46.6 Å². The molecule has 2 aromatic rings. The van der Waals surface area contributed by atoms with E-state index in [1.165, 1.54) is 4.90 Å². The van der Waals surface area contributed by atoms with Gasteiger partial charge in [-0.15, -0.1) is 0 Å². The lowest BCUT2D eigenvalue weighted by molar-refractivity contribution is -0.129. The molecule has 0 saturated carbocycles. The number of rotatable bonds is 4. The van der Waals surface area contributed by atoms with Gasteiger partial charge in [0.15, 0.2) is 5.82 Å². The zero-order valence-electron chi connectivity index (χ0n) is 19.8. The van der Waals surface area contributed by atoms with Crippen molar-refractivity contribution in [2.45, 2.75) is 52.2 Å². The lowest BCUT2D eigenvalue weighted by Gasteiger charge is -2.36. The number of guanidine groups is 1. The van der Waals surface area contributed by atoms with Crippen LogP contribution in [-0.4, -0.2) is 35.0 Å². The quantitative estimate of drug-likeness (QED) is 0.514. The van der Waals surface area contributed by atoms with Crippen LogP contribution in [0.2, 0.25) is 5.02 Å². The van der Waals surface area contributed by atoms with Crippen molar-refractivity contribution in [3.63, 3.8) is 0 Å². The van der Waals surface area contributed by atoms with Crippen molar-refractivity contribution < 1.29 is 18.7 Å². The summed E-state index contributed by atoms with van der Waals surface area (Å²) in [5.41, 5.74) is 5.15. The number of halogens is 2. The predicted molar refractivity (Wildman–Crippen MR) is 132 cm³/mol. The molecule has 8 nitrogen and oxygen atoms in total. The molecule has 182 valence electrons. The van der Waals surface area contributed by atoms with Crippen LogP contribution in [0.5, 0.6) is 0 Å². The Balaban J connectivity index is 2.00. The number of ether oxygens (including phenoxy) is 1. The lowest BCUT2D eigenvalue weighted by Crippen LogP contribution is -2.53. The van der Waals surface area contributed by atoms with E-state index in [0.29, 0.717) is 16.4 Å². The molecule has 0 unspecified atom stereocenters. The van der Waals surface area contributed by atoms with Crippen LogP contribution in [-0.2, 0) is 15.1 Å². The Hall–Kier alpha value is -3.33. The fourth-order valence-corrected chi connectivity index (χ4v) is 3.81. The standard InChI is InChI=1S/C24H29ClFN5O3/c1-6-31-19(32)13-24(5,30-21(31)29-22(33)34-23(2,3)4)15-8-7-9-17(20(15)26)28-18-12-14(25)10-11-16(18)27/h7-12,28H,6,13,27H2,1-5H3,(H,29,30,33)/t24-/m0/s1. The number of hydrogen-bond donors (Lipinski definition) is 3. The van der Waals surface area contributed by atoms with Gasteiger partial charge in [-0.2, -0.15) is 0 Å². The maximum Gasteiger partial charge on any atom is 0.414 e. The number of nitrogen functional groups attached to an aromatic ring is 1. The Bertz CT molecular complexity index is 1150. The summed E-state index contributed by atoms with van der Waals surface area (Å²) in [4.78, 5) is 31.2. The van der Waals surface area contributed by atoms with E-state index in [4.69, 9.17) is 22.1 Å². The second kappa shape index (κ2) is 9.50. The molecule has 0 fully saturated rings. The number of anilines is 3. The molecule has 10 heteroatoms. The third-order valence-corrected chi connectivity index (χ3v) is 5.43. The van der Waals surface area contributed by atoms with Gasteiger partial charge in [-0.1, -0.05) is 23.7 Å². The highest BCUT2D eigenvalue weighted by atomic mass is 35.5. The molecule has 0 spiro atoms. The van der Waals surface area contributed by atoms with Gasteiger partial charge in [0.05, 0.1) is 29.0 Å². The van der Waals surface area contributed by atoms with Crippen molar-refractivity contribution >= 4 is 46.6 Å². The van der Waals surface area contributed by atoms with E-state index in [0.717, 1.165) is 0 Å². The number of nitrogens with zero attached hydrogens (tertiary/aromatic N) is 2. The average molecular weight is 490 g/mol. The number of amides is 2. The first kappa shape index (κ1) is 25.3. The first-order chi connectivity index (χ1) is 15.8. The monoisotopic (exact) mass is 489 g/mol. The van der Waals surface area contributed by atoms with Gasteiger partial charge in [-0.05, 0) is 58.9 Å². The number of benzene rings is 2. The third kappa shape index (κ3) is 5.59. The molecular weight excluding hydrogens is 461 g/mol. The topological polar surface area (TPSA) is 109 Å². The van der Waals surface area contributed by atoms with Crippen molar-refractivity contribution in [3.05, 3.63) is 52.8 Å². The van der Waals surface area contributed by atoms with E-state index in [9.17, 15) is 9.59 Å². The summed E-state index contributed by atoms with van der Waals surface area (Å²) in [6.45, 7) is 8.85. The molecule has 2 aromatic carbocycles. The van der Waals surface area contributed by atoms with Crippen molar-refractivity contribution in [1.82, 2.24) is 10.2 Å². The molecule has 3 rings (SSSR count). The summed E-state index contributed by atoms with van der Waals surface area (Å²) in [5, 5.41) is 5.95. The SMILES string of the molecule is CCN1C(=O)C[C@@](C)(c2cccc(Nc3cc(Cl)ccc3N)c2F)N=C1NC(=O)OC(C)(C)C. The summed E-state index contributed by atoms with van der Waals surface area (Å²) in [6.07, 6.45) is -0.839. The highest BCUT2D eigenvalue weighted by Gasteiger charge is 2.40. The van der Waals surface area contributed by atoms with Crippen molar-refractivity contribution in [2.24, 2.45) is 4.99 Å². The number of aliphatic imine (C=N–C) groups is 1. The summed E-state index contributed by atoms with van der Waals surface area (Å²) < 4.78 is 21.0. The van der Waals surface area contributed by atoms with E-state index < -0.39 is 23.1 Å². The summed E-state index contributed by atoms with van der Waals surface area (Å²) in [6, 6.07) is 9.61. The first-order valence-corrected chi connectivity index (χ1v) is 11.2. The zero-order chi connectivity index (χ0) is 25.3. The molecule has 1 aliphatic rings. The summed E-state index contributed by atoms with van der Waals surface area (Å²) in [5.74, 6) is -0.891. The molecule has 4 N–H and O–H groups in total. The first-order valence-electron chi connectivity index (χ1n) is 10.8. The van der Waals surface area contributed by atoms with Gasteiger partial charge in [0.25, 0.3) is 0 Å². The van der Waals surface area contributed by atoms with Gasteiger partial charge in [-0.3, -0.25) is 15.0 Å². The van der Waals surface area contributed by atoms with Crippen LogP contribution in [0.3, 0.4) is 0 Å². The molecule has 1 aliphatic heterocycles. The smallest absolute Gasteiger partial charge is 0.414 e. The Kier molecular flexibility index (Phi) is 7.07. The van der Waals surface area contributed by atoms with E-state index in [-0.39, 0.29) is 36.1 Å². The van der Waals surface area contributed by atoms with E-state index in [1.807, 2.05) is 0 Å². The number of carbonyl (C=O) groups excluding carboxylic acids is 2. The van der Waals surface area contributed by atoms with E-state index in [2.05, 4.69) is 15.6 Å². The third-order valence-electron chi connectivity index (χ3n) is 5.20. The van der Waals surface area contributed by atoms with Crippen LogP contribution in [0.4, 0.5) is 26.2 Å². The number of carbonyl (C=O) groups is 2. The van der Waals surface area contributed by atoms with Crippen molar-refractivity contribution in [1.29, 1.82) is 0 Å². The van der Waals surface area contributed by atoms with Gasteiger partial charge < -0.3 is 15.8 Å². The molecule has 0 aromatic heterocycles. The molecular formula is C24H29ClFN5O3. The normalized spacial score (nSPS) is 18.4. The van der Waals surface area contributed by atoms with Crippen LogP contribution < -0.4 is 16.4 Å². The van der Waals surface area contributed by atoms with Gasteiger partial charge in [0, 0.05) is 17.1 Å². The minimum absolute atomic E-state index is 0.00680. The second-order valence-corrected chi connectivity index (χ2v) is 9.61. The molecule has 1 atom stereocenters. The number of nitrogens with one attached hydrogen (secondary N) is 2. The highest BCUT2D eigenvalue weighted by molar-refractivity contribution is 6.31. The Morgan fingerprint density at radius 2 is 2.00 bits per heavy atom. The maximum absolute atomic E-state index is 15.7. The number of alkyl carbamates (subject to hydrolysis) is 1. The fraction of sp³-hybridized carbons (Fsp3) is 0.375. The molecule has 34 heavy (non-hydrogen) atoms. The minimum atomic E-state index is -1.27. The number of hydrogen-bond acceptors (Lipinski definition) is 6. The van der Waals surface area contributed by atoms with Crippen LogP contribution in [0.25, 0.3) is 0 Å². The van der Waals surface area contributed by atoms with Crippen LogP contribution >= 0.6 is 11.6 Å². The lowest BCUT2D eigenvalue weighted by atomic mass is 9.86. The van der Waals surface area contributed by atoms with Crippen LogP contribution in [0, 0.1) is 5.82 Å². The highest BCUT2D eigenvalue weighted by Crippen LogP contribution is 2.38. The Labute approximate surface area is 203 Å². The van der Waals surface area contributed by atoms with Gasteiger partial charge in [0.1, 0.15) is 5.60 Å². The molecule has 0 aliphatic carbocycles. The summed E-state index contributed by atoms with van der Waals surface area (Å²) >= 11 is 6.05. The minimum Gasteiger partial charge on any atom is -0.444 e. The molecule has 0 bridgehead atoms. The largest absolute Gasteiger partial charge is 0.444 e. The molecule has 0 radical (unpaired) electrons. The summed E-state index contributed by atoms with van der Waals surface area (Å²) in [7, 11) is 0. The van der Waals surface area contributed by atoms with Gasteiger partial charge >= 0.3 is 6.09 Å². The average Bonchev–Trinajstić information content (AvgIpc) is 2.70. The van der Waals surface area contributed by atoms with Gasteiger partial charge in [0.2, 0.25) is 11.9 Å². The van der Waals surface area contributed by atoms with Crippen LogP contribution in [0.15, 0.2) is 41.4 Å². The molecule has 1 heterocycles. The Morgan fingerprint density at radius 3 is 2.65 bits per heavy atom. The Morgan fingerprint density at radius 1 is 1.29 bits per heavy atom. The van der Waals surface area contributed by atoms with Gasteiger partial charge in [-0.25, -0.2) is 14.2 Å².